The molecule has 0 spiro atoms. The second-order valence-electron chi connectivity index (χ2n) is 5.51. The predicted octanol–water partition coefficient (Wildman–Crippen LogP) is 3.28. The van der Waals surface area contributed by atoms with Crippen LogP contribution in [0, 0.1) is 11.8 Å². The first-order valence-corrected chi connectivity index (χ1v) is 7.99. The van der Waals surface area contributed by atoms with E-state index in [1.165, 1.54) is 43.9 Å². The number of rotatable bonds is 6. The van der Waals surface area contributed by atoms with Crippen molar-refractivity contribution in [3.63, 3.8) is 0 Å². The lowest BCUT2D eigenvalue weighted by Crippen LogP contribution is -2.15. The van der Waals surface area contributed by atoms with Gasteiger partial charge in [0.1, 0.15) is 0 Å². The highest BCUT2D eigenvalue weighted by Gasteiger charge is 2.19. The molecule has 2 unspecified atom stereocenters. The van der Waals surface area contributed by atoms with Gasteiger partial charge in [0.05, 0.1) is 5.75 Å². The molecule has 5 heteroatoms. The highest BCUT2D eigenvalue weighted by Crippen LogP contribution is 2.31. The van der Waals surface area contributed by atoms with E-state index in [0.29, 0.717) is 0 Å². The van der Waals surface area contributed by atoms with E-state index in [1.807, 2.05) is 6.20 Å². The fourth-order valence-electron chi connectivity index (χ4n) is 2.88. The third kappa shape index (κ3) is 4.56. The van der Waals surface area contributed by atoms with Crippen LogP contribution in [-0.4, -0.2) is 26.4 Å². The fraction of sp³-hybridized carbons (Fsp3) is 0.714. The molecule has 1 fully saturated rings. The minimum atomic E-state index is -0.791. The molecular weight excluding hydrogens is 260 g/mol. The first-order valence-electron chi connectivity index (χ1n) is 7.01. The molecule has 0 aliphatic heterocycles. The Morgan fingerprint density at radius 2 is 2.42 bits per heavy atom. The first kappa shape index (κ1) is 14.4. The van der Waals surface area contributed by atoms with Gasteiger partial charge in [-0.25, -0.2) is 4.98 Å². The van der Waals surface area contributed by atoms with Crippen LogP contribution in [0.1, 0.15) is 39.0 Å². The van der Waals surface area contributed by atoms with Crippen LogP contribution in [0.3, 0.4) is 0 Å². The zero-order valence-electron chi connectivity index (χ0n) is 11.4. The second-order valence-corrected chi connectivity index (χ2v) is 6.45. The fourth-order valence-corrected chi connectivity index (χ4v) is 3.58. The van der Waals surface area contributed by atoms with Crippen molar-refractivity contribution in [1.82, 2.24) is 9.55 Å². The summed E-state index contributed by atoms with van der Waals surface area (Å²) in [5.41, 5.74) is 0. The quantitative estimate of drug-likeness (QED) is 0.814. The average molecular weight is 282 g/mol. The van der Waals surface area contributed by atoms with Gasteiger partial charge < -0.3 is 9.67 Å². The maximum atomic E-state index is 10.6. The Morgan fingerprint density at radius 1 is 1.58 bits per heavy atom. The average Bonchev–Trinajstić information content (AvgIpc) is 2.81. The van der Waals surface area contributed by atoms with Gasteiger partial charge in [0.2, 0.25) is 0 Å². The summed E-state index contributed by atoms with van der Waals surface area (Å²) >= 11 is 1.30. The number of hydrogen-bond acceptors (Lipinski definition) is 3. The summed E-state index contributed by atoms with van der Waals surface area (Å²) < 4.78 is 2.09. The van der Waals surface area contributed by atoms with E-state index in [-0.39, 0.29) is 5.75 Å². The molecule has 2 atom stereocenters. The van der Waals surface area contributed by atoms with Crippen LogP contribution in [0.5, 0.6) is 0 Å². The Balaban J connectivity index is 1.82. The summed E-state index contributed by atoms with van der Waals surface area (Å²) in [6, 6.07) is 0. The van der Waals surface area contributed by atoms with Gasteiger partial charge in [-0.2, -0.15) is 0 Å². The largest absolute Gasteiger partial charge is 0.481 e. The van der Waals surface area contributed by atoms with E-state index in [0.717, 1.165) is 23.5 Å². The van der Waals surface area contributed by atoms with Crippen molar-refractivity contribution < 1.29 is 9.90 Å². The third-order valence-electron chi connectivity index (χ3n) is 3.83. The molecule has 4 nitrogen and oxygen atoms in total. The molecule has 0 saturated heterocycles. The number of nitrogens with zero attached hydrogens (tertiary/aromatic N) is 2. The van der Waals surface area contributed by atoms with Crippen molar-refractivity contribution in [2.24, 2.45) is 11.8 Å². The van der Waals surface area contributed by atoms with E-state index in [1.54, 1.807) is 6.20 Å². The Hall–Kier alpha value is -0.970. The molecule has 0 aromatic carbocycles. The van der Waals surface area contributed by atoms with Crippen LogP contribution >= 0.6 is 11.8 Å². The minimum absolute atomic E-state index is 0.0808. The summed E-state index contributed by atoms with van der Waals surface area (Å²) in [6.07, 6.45) is 10.3. The number of carbonyl (C=O) groups is 1. The second kappa shape index (κ2) is 6.98. The Bertz CT molecular complexity index is 419. The molecule has 1 aromatic rings. The van der Waals surface area contributed by atoms with Gasteiger partial charge in [-0.3, -0.25) is 4.79 Å². The lowest BCUT2D eigenvalue weighted by Gasteiger charge is -2.26. The van der Waals surface area contributed by atoms with E-state index < -0.39 is 5.97 Å². The van der Waals surface area contributed by atoms with E-state index in [9.17, 15) is 4.79 Å². The monoisotopic (exact) mass is 282 g/mol. The van der Waals surface area contributed by atoms with Crippen molar-refractivity contribution in [3.05, 3.63) is 12.4 Å². The Labute approximate surface area is 118 Å². The number of imidazole rings is 1. The third-order valence-corrected chi connectivity index (χ3v) is 4.81. The van der Waals surface area contributed by atoms with Gasteiger partial charge in [-0.05, 0) is 24.7 Å². The lowest BCUT2D eigenvalue weighted by atomic mass is 9.81. The van der Waals surface area contributed by atoms with E-state index in [4.69, 9.17) is 5.11 Å². The molecule has 106 valence electrons. The van der Waals surface area contributed by atoms with Crippen LogP contribution in [0.4, 0.5) is 0 Å². The molecule has 19 heavy (non-hydrogen) atoms. The summed E-state index contributed by atoms with van der Waals surface area (Å²) in [5, 5.41) is 9.53. The molecule has 2 rings (SSSR count). The highest BCUT2D eigenvalue weighted by molar-refractivity contribution is 7.99. The van der Waals surface area contributed by atoms with Gasteiger partial charge in [0.15, 0.2) is 5.16 Å². The predicted molar refractivity (Wildman–Crippen MR) is 76.3 cm³/mol. The van der Waals surface area contributed by atoms with Crippen LogP contribution in [0.15, 0.2) is 17.6 Å². The van der Waals surface area contributed by atoms with Crippen LogP contribution in [0.2, 0.25) is 0 Å². The van der Waals surface area contributed by atoms with Crippen molar-refractivity contribution in [2.75, 3.05) is 5.75 Å². The number of hydrogen-bond donors (Lipinski definition) is 1. The summed E-state index contributed by atoms with van der Waals surface area (Å²) in [6.45, 7) is 3.30. The van der Waals surface area contributed by atoms with Crippen LogP contribution in [-0.2, 0) is 11.3 Å². The van der Waals surface area contributed by atoms with Crippen LogP contribution < -0.4 is 0 Å². The topological polar surface area (TPSA) is 55.1 Å². The zero-order chi connectivity index (χ0) is 13.7. The molecule has 0 radical (unpaired) electrons. The van der Waals surface area contributed by atoms with Crippen LogP contribution in [0.25, 0.3) is 0 Å². The van der Waals surface area contributed by atoms with Gasteiger partial charge >= 0.3 is 5.97 Å². The molecule has 1 aliphatic carbocycles. The Kier molecular flexibility index (Phi) is 5.31. The number of thioether (sulfide) groups is 1. The normalized spacial score (nSPS) is 23.4. The summed E-state index contributed by atoms with van der Waals surface area (Å²) in [7, 11) is 0. The SMILES string of the molecule is CC1CCCC(CCn2ccnc2SCC(=O)O)C1. The first-order chi connectivity index (χ1) is 9.15. The molecule has 1 N–H and O–H groups in total. The molecule has 1 aromatic heterocycles. The zero-order valence-corrected chi connectivity index (χ0v) is 12.2. The number of carboxylic acids is 1. The molecule has 1 aliphatic rings. The van der Waals surface area contributed by atoms with E-state index in [2.05, 4.69) is 16.5 Å². The lowest BCUT2D eigenvalue weighted by molar-refractivity contribution is -0.133. The summed E-state index contributed by atoms with van der Waals surface area (Å²) in [5.74, 6) is 0.976. The van der Waals surface area contributed by atoms with Gasteiger partial charge in [0, 0.05) is 18.9 Å². The van der Waals surface area contributed by atoms with Gasteiger partial charge in [0.25, 0.3) is 0 Å². The molecule has 1 heterocycles. The van der Waals surface area contributed by atoms with Crippen molar-refractivity contribution in [3.8, 4) is 0 Å². The van der Waals surface area contributed by atoms with Gasteiger partial charge in [-0.15, -0.1) is 0 Å². The molecule has 1 saturated carbocycles. The smallest absolute Gasteiger partial charge is 0.313 e. The highest BCUT2D eigenvalue weighted by atomic mass is 32.2. The Morgan fingerprint density at radius 3 is 3.16 bits per heavy atom. The molecular formula is C14H22N2O2S. The maximum Gasteiger partial charge on any atom is 0.313 e. The standard InChI is InChI=1S/C14H22N2O2S/c1-11-3-2-4-12(9-11)5-7-16-8-6-15-14(16)19-10-13(17)18/h6,8,11-12H,2-5,7,9-10H2,1H3,(H,17,18). The number of carboxylic acid groups (broad SMARTS) is 1. The van der Waals surface area contributed by atoms with Crippen molar-refractivity contribution in [1.29, 1.82) is 0 Å². The number of aliphatic carboxylic acids is 1. The number of aromatic nitrogens is 2. The molecule has 0 amide bonds. The summed E-state index contributed by atoms with van der Waals surface area (Å²) in [4.78, 5) is 14.8. The number of aryl methyl sites for hydroxylation is 1. The minimum Gasteiger partial charge on any atom is -0.481 e. The molecule has 0 bridgehead atoms. The van der Waals surface area contributed by atoms with Gasteiger partial charge in [-0.1, -0.05) is 37.9 Å². The van der Waals surface area contributed by atoms with Crippen molar-refractivity contribution in [2.45, 2.75) is 50.7 Å². The maximum absolute atomic E-state index is 10.6. The van der Waals surface area contributed by atoms with E-state index >= 15 is 0 Å². The van der Waals surface area contributed by atoms with Crippen molar-refractivity contribution >= 4 is 17.7 Å².